The van der Waals surface area contributed by atoms with Crippen LogP contribution in [0.2, 0.25) is 0 Å². The van der Waals surface area contributed by atoms with Gasteiger partial charge in [-0.15, -0.1) is 0 Å². The van der Waals surface area contributed by atoms with Gasteiger partial charge in [0.1, 0.15) is 10.7 Å². The SMILES string of the molecule is CCN(c1ccccc1)S(=O)(=O)c1ccccc1NC(=O)/C=C/c1ccco1. The second-order valence-corrected chi connectivity index (χ2v) is 7.67. The van der Waals surface area contributed by atoms with Crippen LogP contribution in [-0.2, 0) is 14.8 Å². The molecule has 3 aromatic rings. The van der Waals surface area contributed by atoms with E-state index in [1.807, 2.05) is 6.07 Å². The monoisotopic (exact) mass is 396 g/mol. The number of nitrogens with one attached hydrogen (secondary N) is 1. The van der Waals surface area contributed by atoms with Crippen molar-refractivity contribution in [1.82, 2.24) is 0 Å². The van der Waals surface area contributed by atoms with E-state index < -0.39 is 15.9 Å². The third-order valence-electron chi connectivity index (χ3n) is 3.99. The molecule has 0 saturated carbocycles. The molecule has 28 heavy (non-hydrogen) atoms. The van der Waals surface area contributed by atoms with Crippen molar-refractivity contribution < 1.29 is 17.6 Å². The van der Waals surface area contributed by atoms with Crippen molar-refractivity contribution in [3.8, 4) is 0 Å². The number of carbonyl (C=O) groups excluding carboxylic acids is 1. The van der Waals surface area contributed by atoms with Gasteiger partial charge in [-0.2, -0.15) is 0 Å². The molecular weight excluding hydrogens is 376 g/mol. The van der Waals surface area contributed by atoms with E-state index in [1.165, 1.54) is 28.8 Å². The summed E-state index contributed by atoms with van der Waals surface area (Å²) in [6.07, 6.45) is 4.30. The number of hydrogen-bond donors (Lipinski definition) is 1. The normalized spacial score (nSPS) is 11.5. The first-order valence-electron chi connectivity index (χ1n) is 8.71. The van der Waals surface area contributed by atoms with Gasteiger partial charge in [-0.05, 0) is 49.4 Å². The standard InChI is InChI=1S/C21H20N2O4S/c1-2-23(17-9-4-3-5-10-17)28(25,26)20-13-7-6-12-19(20)22-21(24)15-14-18-11-8-16-27-18/h3-16H,2H2,1H3,(H,22,24)/b15-14+. The first-order chi connectivity index (χ1) is 13.5. The number of nitrogens with zero attached hydrogens (tertiary/aromatic N) is 1. The van der Waals surface area contributed by atoms with Crippen LogP contribution < -0.4 is 9.62 Å². The fraction of sp³-hybridized carbons (Fsp3) is 0.0952. The molecule has 1 amide bonds. The summed E-state index contributed by atoms with van der Waals surface area (Å²) in [7, 11) is -3.86. The lowest BCUT2D eigenvalue weighted by molar-refractivity contribution is -0.111. The van der Waals surface area contributed by atoms with Crippen molar-refractivity contribution in [2.75, 3.05) is 16.2 Å². The molecule has 0 saturated heterocycles. The second-order valence-electron chi connectivity index (χ2n) is 5.84. The molecule has 6 nitrogen and oxygen atoms in total. The molecule has 0 atom stereocenters. The van der Waals surface area contributed by atoms with Crippen LogP contribution in [-0.4, -0.2) is 20.9 Å². The molecule has 0 aliphatic carbocycles. The minimum Gasteiger partial charge on any atom is -0.465 e. The Balaban J connectivity index is 1.89. The van der Waals surface area contributed by atoms with Crippen LogP contribution in [0.25, 0.3) is 6.08 Å². The lowest BCUT2D eigenvalue weighted by Crippen LogP contribution is -2.31. The fourth-order valence-corrected chi connectivity index (χ4v) is 4.34. The molecule has 1 aromatic heterocycles. The molecule has 0 aliphatic rings. The molecule has 144 valence electrons. The summed E-state index contributed by atoms with van der Waals surface area (Å²) in [4.78, 5) is 12.3. The Morgan fingerprint density at radius 3 is 2.43 bits per heavy atom. The van der Waals surface area contributed by atoms with Gasteiger partial charge >= 0.3 is 0 Å². The third-order valence-corrected chi connectivity index (χ3v) is 5.95. The zero-order chi connectivity index (χ0) is 20.0. The number of rotatable bonds is 7. The molecule has 7 heteroatoms. The molecule has 0 aliphatic heterocycles. The Morgan fingerprint density at radius 1 is 1.04 bits per heavy atom. The first kappa shape index (κ1) is 19.4. The minimum atomic E-state index is -3.86. The molecule has 0 radical (unpaired) electrons. The van der Waals surface area contributed by atoms with Crippen LogP contribution in [0, 0.1) is 0 Å². The molecular formula is C21H20N2O4S. The van der Waals surface area contributed by atoms with Crippen LogP contribution in [0.1, 0.15) is 12.7 Å². The van der Waals surface area contributed by atoms with Crippen molar-refractivity contribution in [2.45, 2.75) is 11.8 Å². The van der Waals surface area contributed by atoms with E-state index in [0.717, 1.165) is 0 Å². The summed E-state index contributed by atoms with van der Waals surface area (Å²) < 4.78 is 32.9. The predicted molar refractivity (Wildman–Crippen MR) is 109 cm³/mol. The van der Waals surface area contributed by atoms with E-state index in [4.69, 9.17) is 4.42 Å². The maximum absolute atomic E-state index is 13.3. The number of amides is 1. The number of para-hydroxylation sites is 2. The molecule has 1 N–H and O–H groups in total. The number of benzene rings is 2. The predicted octanol–water partition coefficient (Wildman–Crippen LogP) is 4.15. The fourth-order valence-electron chi connectivity index (χ4n) is 2.72. The molecule has 3 rings (SSSR count). The number of sulfonamides is 1. The van der Waals surface area contributed by atoms with Gasteiger partial charge in [0.05, 0.1) is 17.6 Å². The quantitative estimate of drug-likeness (QED) is 0.609. The van der Waals surface area contributed by atoms with Crippen molar-refractivity contribution in [3.63, 3.8) is 0 Å². The molecule has 0 spiro atoms. The number of furan rings is 1. The van der Waals surface area contributed by atoms with Gasteiger partial charge in [0.25, 0.3) is 10.0 Å². The summed E-state index contributed by atoms with van der Waals surface area (Å²) >= 11 is 0. The zero-order valence-corrected chi connectivity index (χ0v) is 16.1. The van der Waals surface area contributed by atoms with E-state index in [2.05, 4.69) is 5.32 Å². The summed E-state index contributed by atoms with van der Waals surface area (Å²) in [5.74, 6) is 0.0686. The van der Waals surface area contributed by atoms with Crippen molar-refractivity contribution >= 4 is 33.4 Å². The molecule has 0 fully saturated rings. The highest BCUT2D eigenvalue weighted by atomic mass is 32.2. The summed E-state index contributed by atoms with van der Waals surface area (Å²) in [6, 6.07) is 18.6. The summed E-state index contributed by atoms with van der Waals surface area (Å²) in [5, 5.41) is 2.64. The summed E-state index contributed by atoms with van der Waals surface area (Å²) in [5.41, 5.74) is 0.773. The third kappa shape index (κ3) is 4.32. The summed E-state index contributed by atoms with van der Waals surface area (Å²) in [6.45, 7) is 2.02. The van der Waals surface area contributed by atoms with Crippen LogP contribution in [0.4, 0.5) is 11.4 Å². The lowest BCUT2D eigenvalue weighted by Gasteiger charge is -2.24. The molecule has 1 heterocycles. The molecule has 0 bridgehead atoms. The average molecular weight is 396 g/mol. The molecule has 2 aromatic carbocycles. The van der Waals surface area contributed by atoms with Crippen LogP contribution >= 0.6 is 0 Å². The Kier molecular flexibility index (Phi) is 5.96. The highest BCUT2D eigenvalue weighted by Gasteiger charge is 2.26. The average Bonchev–Trinajstić information content (AvgIpc) is 3.21. The van der Waals surface area contributed by atoms with Crippen molar-refractivity contribution in [1.29, 1.82) is 0 Å². The van der Waals surface area contributed by atoms with Gasteiger partial charge in [-0.1, -0.05) is 30.3 Å². The number of hydrogen-bond acceptors (Lipinski definition) is 4. The maximum atomic E-state index is 13.3. The lowest BCUT2D eigenvalue weighted by atomic mass is 10.3. The van der Waals surface area contributed by atoms with Gasteiger partial charge < -0.3 is 9.73 Å². The van der Waals surface area contributed by atoms with E-state index in [1.54, 1.807) is 61.5 Å². The topological polar surface area (TPSA) is 79.6 Å². The van der Waals surface area contributed by atoms with Gasteiger partial charge in [0, 0.05) is 12.6 Å². The first-order valence-corrected chi connectivity index (χ1v) is 10.2. The Bertz CT molecular complexity index is 1060. The van der Waals surface area contributed by atoms with Gasteiger partial charge in [0.15, 0.2) is 0 Å². The van der Waals surface area contributed by atoms with Crippen LogP contribution in [0.3, 0.4) is 0 Å². The molecule has 0 unspecified atom stereocenters. The largest absolute Gasteiger partial charge is 0.465 e. The zero-order valence-electron chi connectivity index (χ0n) is 15.3. The van der Waals surface area contributed by atoms with E-state index in [-0.39, 0.29) is 17.1 Å². The van der Waals surface area contributed by atoms with Crippen LogP contribution in [0.15, 0.2) is 88.4 Å². The second kappa shape index (κ2) is 8.58. The van der Waals surface area contributed by atoms with Crippen molar-refractivity contribution in [2.24, 2.45) is 0 Å². The smallest absolute Gasteiger partial charge is 0.266 e. The highest BCUT2D eigenvalue weighted by molar-refractivity contribution is 7.93. The minimum absolute atomic E-state index is 0.0282. The van der Waals surface area contributed by atoms with Gasteiger partial charge in [-0.3, -0.25) is 9.10 Å². The van der Waals surface area contributed by atoms with Gasteiger partial charge in [0.2, 0.25) is 5.91 Å². The Labute approximate surface area is 164 Å². The van der Waals surface area contributed by atoms with Crippen LogP contribution in [0.5, 0.6) is 0 Å². The van der Waals surface area contributed by atoms with Crippen molar-refractivity contribution in [3.05, 3.63) is 84.8 Å². The van der Waals surface area contributed by atoms with E-state index >= 15 is 0 Å². The number of carbonyl (C=O) groups is 1. The maximum Gasteiger partial charge on any atom is 0.266 e. The van der Waals surface area contributed by atoms with E-state index in [0.29, 0.717) is 11.4 Å². The number of anilines is 2. The Hall–Kier alpha value is -3.32. The Morgan fingerprint density at radius 2 is 1.75 bits per heavy atom. The van der Waals surface area contributed by atoms with E-state index in [9.17, 15) is 13.2 Å². The highest BCUT2D eigenvalue weighted by Crippen LogP contribution is 2.28. The van der Waals surface area contributed by atoms with Gasteiger partial charge in [-0.25, -0.2) is 8.42 Å².